The van der Waals surface area contributed by atoms with Crippen LogP contribution in [0.3, 0.4) is 0 Å². The molecule has 1 aromatic carbocycles. The molecule has 4 rings (SSSR count). The molecular weight excluding hydrogens is 362 g/mol. The first-order valence-corrected chi connectivity index (χ1v) is 10.6. The van der Waals surface area contributed by atoms with Crippen molar-refractivity contribution in [2.24, 2.45) is 11.8 Å². The van der Waals surface area contributed by atoms with E-state index in [1.807, 2.05) is 29.2 Å². The Kier molecular flexibility index (Phi) is 5.61. The van der Waals surface area contributed by atoms with Crippen molar-refractivity contribution < 1.29 is 9.53 Å². The van der Waals surface area contributed by atoms with Gasteiger partial charge in [-0.15, -0.1) is 5.10 Å². The highest BCUT2D eigenvalue weighted by Gasteiger charge is 2.32. The third-order valence-corrected chi connectivity index (χ3v) is 6.63. The van der Waals surface area contributed by atoms with Gasteiger partial charge in [-0.3, -0.25) is 4.79 Å². The number of amides is 1. The van der Waals surface area contributed by atoms with Crippen LogP contribution in [0, 0.1) is 11.8 Å². The summed E-state index contributed by atoms with van der Waals surface area (Å²) >= 11 is 1.38. The summed E-state index contributed by atoms with van der Waals surface area (Å²) in [5.74, 6) is 2.75. The fraction of sp³-hybridized carbons (Fsp3) is 0.579. The van der Waals surface area contributed by atoms with Crippen molar-refractivity contribution >= 4 is 17.7 Å². The van der Waals surface area contributed by atoms with Crippen LogP contribution in [-0.4, -0.2) is 57.0 Å². The van der Waals surface area contributed by atoms with Crippen molar-refractivity contribution in [1.29, 1.82) is 0 Å². The average Bonchev–Trinajstić information content (AvgIpc) is 3.20. The summed E-state index contributed by atoms with van der Waals surface area (Å²) in [5, 5.41) is 12.5. The standard InChI is InChI=1S/C19H25N5O2S/c1-26-17-9-5-4-8-16(17)24-19(20-21-22-24)27-13-18(25)23-11-10-14-6-2-3-7-15(14)12-23/h4-5,8-9,14-15H,2-3,6-7,10-13H2,1H3/t14-,15+/m1/s1. The van der Waals surface area contributed by atoms with Gasteiger partial charge in [0, 0.05) is 13.1 Å². The summed E-state index contributed by atoms with van der Waals surface area (Å²) in [6.07, 6.45) is 6.44. The topological polar surface area (TPSA) is 73.1 Å². The van der Waals surface area contributed by atoms with Crippen molar-refractivity contribution in [3.05, 3.63) is 24.3 Å². The molecule has 7 nitrogen and oxygen atoms in total. The van der Waals surface area contributed by atoms with Gasteiger partial charge in [0.25, 0.3) is 0 Å². The Bertz CT molecular complexity index is 796. The minimum atomic E-state index is 0.179. The highest BCUT2D eigenvalue weighted by molar-refractivity contribution is 7.99. The number of likely N-dealkylation sites (tertiary alicyclic amines) is 1. The lowest BCUT2D eigenvalue weighted by Gasteiger charge is -2.41. The van der Waals surface area contributed by atoms with E-state index in [1.54, 1.807) is 11.8 Å². The van der Waals surface area contributed by atoms with Gasteiger partial charge in [-0.05, 0) is 47.2 Å². The fourth-order valence-electron chi connectivity index (χ4n) is 4.27. The van der Waals surface area contributed by atoms with Gasteiger partial charge in [-0.1, -0.05) is 43.2 Å². The highest BCUT2D eigenvalue weighted by Crippen LogP contribution is 2.36. The van der Waals surface area contributed by atoms with Gasteiger partial charge in [0.2, 0.25) is 11.1 Å². The number of fused-ring (bicyclic) bond motifs is 1. The van der Waals surface area contributed by atoms with Crippen molar-refractivity contribution in [3.8, 4) is 11.4 Å². The molecular formula is C19H25N5O2S. The molecule has 0 N–H and O–H groups in total. The number of thioether (sulfide) groups is 1. The SMILES string of the molecule is COc1ccccc1-n1nnnc1SCC(=O)N1CC[C@H]2CCCC[C@H]2C1. The first-order chi connectivity index (χ1) is 13.3. The average molecular weight is 388 g/mol. The summed E-state index contributed by atoms with van der Waals surface area (Å²) in [7, 11) is 1.62. The van der Waals surface area contributed by atoms with E-state index in [0.29, 0.717) is 22.6 Å². The summed E-state index contributed by atoms with van der Waals surface area (Å²) in [6.45, 7) is 1.81. The minimum absolute atomic E-state index is 0.179. The van der Waals surface area contributed by atoms with Crippen LogP contribution in [0.4, 0.5) is 0 Å². The van der Waals surface area contributed by atoms with E-state index in [-0.39, 0.29) is 5.91 Å². The molecule has 2 heterocycles. The van der Waals surface area contributed by atoms with Gasteiger partial charge in [0.1, 0.15) is 11.4 Å². The minimum Gasteiger partial charge on any atom is -0.494 e. The normalized spacial score (nSPS) is 22.3. The lowest BCUT2D eigenvalue weighted by atomic mass is 9.75. The second-order valence-corrected chi connectivity index (χ2v) is 8.21. The number of benzene rings is 1. The first-order valence-electron chi connectivity index (χ1n) is 9.58. The number of para-hydroxylation sites is 2. The largest absolute Gasteiger partial charge is 0.494 e. The lowest BCUT2D eigenvalue weighted by molar-refractivity contribution is -0.131. The highest BCUT2D eigenvalue weighted by atomic mass is 32.2. The van der Waals surface area contributed by atoms with Gasteiger partial charge in [-0.2, -0.15) is 4.68 Å². The lowest BCUT2D eigenvalue weighted by Crippen LogP contribution is -2.45. The summed E-state index contributed by atoms with van der Waals surface area (Å²) in [5.41, 5.74) is 0.767. The van der Waals surface area contributed by atoms with E-state index >= 15 is 0 Å². The van der Waals surface area contributed by atoms with E-state index in [0.717, 1.165) is 31.1 Å². The Labute approximate surface area is 163 Å². The summed E-state index contributed by atoms with van der Waals surface area (Å²) < 4.78 is 7.02. The van der Waals surface area contributed by atoms with Crippen LogP contribution < -0.4 is 4.74 Å². The summed E-state index contributed by atoms with van der Waals surface area (Å²) in [4.78, 5) is 14.8. The molecule has 1 saturated carbocycles. The molecule has 1 amide bonds. The van der Waals surface area contributed by atoms with Crippen LogP contribution in [0.15, 0.2) is 29.4 Å². The molecule has 2 atom stereocenters. The Hall–Kier alpha value is -2.09. The van der Waals surface area contributed by atoms with E-state index in [4.69, 9.17) is 4.74 Å². The van der Waals surface area contributed by atoms with Crippen LogP contribution in [0.2, 0.25) is 0 Å². The number of carbonyl (C=O) groups is 1. The van der Waals surface area contributed by atoms with Crippen molar-refractivity contribution in [3.63, 3.8) is 0 Å². The number of nitrogens with zero attached hydrogens (tertiary/aromatic N) is 5. The quantitative estimate of drug-likeness (QED) is 0.735. The molecule has 144 valence electrons. The molecule has 1 aliphatic carbocycles. The van der Waals surface area contributed by atoms with Crippen LogP contribution in [-0.2, 0) is 4.79 Å². The predicted octanol–water partition coefficient (Wildman–Crippen LogP) is 2.80. The van der Waals surface area contributed by atoms with E-state index in [2.05, 4.69) is 15.5 Å². The van der Waals surface area contributed by atoms with Crippen LogP contribution >= 0.6 is 11.8 Å². The molecule has 2 aliphatic rings. The maximum absolute atomic E-state index is 12.7. The van der Waals surface area contributed by atoms with Gasteiger partial charge in [0.15, 0.2) is 0 Å². The fourth-order valence-corrected chi connectivity index (χ4v) is 5.06. The monoisotopic (exact) mass is 387 g/mol. The van der Waals surface area contributed by atoms with E-state index in [1.165, 1.54) is 37.4 Å². The zero-order valence-corrected chi connectivity index (χ0v) is 16.4. The molecule has 0 bridgehead atoms. The van der Waals surface area contributed by atoms with Crippen LogP contribution in [0.25, 0.3) is 5.69 Å². The van der Waals surface area contributed by atoms with Crippen LogP contribution in [0.5, 0.6) is 5.75 Å². The van der Waals surface area contributed by atoms with E-state index in [9.17, 15) is 4.79 Å². The third kappa shape index (κ3) is 3.95. The molecule has 1 aromatic heterocycles. The zero-order valence-electron chi connectivity index (χ0n) is 15.6. The Morgan fingerprint density at radius 1 is 1.22 bits per heavy atom. The molecule has 1 saturated heterocycles. The van der Waals surface area contributed by atoms with Gasteiger partial charge in [0.05, 0.1) is 12.9 Å². The maximum atomic E-state index is 12.7. The number of aromatic nitrogens is 4. The van der Waals surface area contributed by atoms with E-state index < -0.39 is 0 Å². The number of rotatable bonds is 5. The number of ether oxygens (including phenoxy) is 1. The van der Waals surface area contributed by atoms with Crippen LogP contribution in [0.1, 0.15) is 32.1 Å². The number of carbonyl (C=O) groups excluding carboxylic acids is 1. The molecule has 0 spiro atoms. The molecule has 2 fully saturated rings. The smallest absolute Gasteiger partial charge is 0.233 e. The van der Waals surface area contributed by atoms with Gasteiger partial charge < -0.3 is 9.64 Å². The Morgan fingerprint density at radius 3 is 2.89 bits per heavy atom. The van der Waals surface area contributed by atoms with Gasteiger partial charge >= 0.3 is 0 Å². The molecule has 1 aliphatic heterocycles. The number of tetrazole rings is 1. The molecule has 2 aromatic rings. The number of piperidine rings is 1. The number of methoxy groups -OCH3 is 1. The van der Waals surface area contributed by atoms with Crippen molar-refractivity contribution in [2.75, 3.05) is 26.0 Å². The zero-order chi connectivity index (χ0) is 18.6. The molecule has 0 unspecified atom stereocenters. The van der Waals surface area contributed by atoms with Crippen molar-refractivity contribution in [2.45, 2.75) is 37.3 Å². The van der Waals surface area contributed by atoms with Gasteiger partial charge in [-0.25, -0.2) is 0 Å². The first kappa shape index (κ1) is 18.3. The molecule has 8 heteroatoms. The third-order valence-electron chi connectivity index (χ3n) is 5.72. The Morgan fingerprint density at radius 2 is 2.04 bits per heavy atom. The summed E-state index contributed by atoms with van der Waals surface area (Å²) in [6, 6.07) is 7.57. The molecule has 0 radical (unpaired) electrons. The molecule has 27 heavy (non-hydrogen) atoms. The second kappa shape index (κ2) is 8.29. The second-order valence-electron chi connectivity index (χ2n) is 7.27. The maximum Gasteiger partial charge on any atom is 0.233 e. The number of hydrogen-bond acceptors (Lipinski definition) is 6. The Balaban J connectivity index is 1.40. The van der Waals surface area contributed by atoms with Crippen molar-refractivity contribution in [1.82, 2.24) is 25.1 Å². The predicted molar refractivity (Wildman–Crippen MR) is 103 cm³/mol. The number of hydrogen-bond donors (Lipinski definition) is 0.